The van der Waals surface area contributed by atoms with Crippen molar-refractivity contribution in [3.63, 3.8) is 0 Å². The predicted molar refractivity (Wildman–Crippen MR) is 62.9 cm³/mol. The minimum atomic E-state index is -3.72. The van der Waals surface area contributed by atoms with E-state index in [-0.39, 0.29) is 17.9 Å². The van der Waals surface area contributed by atoms with E-state index >= 15 is 0 Å². The summed E-state index contributed by atoms with van der Waals surface area (Å²) in [5.74, 6) is -0.578. The number of nitrogens with zero attached hydrogens (tertiary/aromatic N) is 2. The smallest absolute Gasteiger partial charge is 0.312 e. The van der Waals surface area contributed by atoms with Gasteiger partial charge in [0.2, 0.25) is 9.05 Å². The monoisotopic (exact) mass is 290 g/mol. The van der Waals surface area contributed by atoms with Crippen LogP contribution in [0.25, 0.3) is 0 Å². The van der Waals surface area contributed by atoms with Crippen molar-refractivity contribution >= 4 is 25.4 Å². The van der Waals surface area contributed by atoms with Crippen LogP contribution in [0.15, 0.2) is 18.2 Å². The highest BCUT2D eigenvalue weighted by Crippen LogP contribution is 2.27. The molecule has 18 heavy (non-hydrogen) atoms. The van der Waals surface area contributed by atoms with Crippen LogP contribution in [-0.4, -0.2) is 25.7 Å². The summed E-state index contributed by atoms with van der Waals surface area (Å²) in [7, 11) is 1.25. The molecule has 0 heterocycles. The van der Waals surface area contributed by atoms with Crippen LogP contribution in [0.3, 0.4) is 0 Å². The molecule has 9 heteroatoms. The first-order valence-electron chi connectivity index (χ1n) is 4.57. The molecule has 0 unspecified atom stereocenters. The van der Waals surface area contributed by atoms with Gasteiger partial charge in [-0.3, -0.25) is 10.1 Å². The largest absolute Gasteiger partial charge is 0.486 e. The van der Waals surface area contributed by atoms with Crippen LogP contribution in [-0.2, 0) is 9.05 Å². The summed E-state index contributed by atoms with van der Waals surface area (Å²) in [6, 6.07) is 5.36. The van der Waals surface area contributed by atoms with Crippen molar-refractivity contribution in [2.45, 2.75) is 0 Å². The molecule has 0 aliphatic carbocycles. The van der Waals surface area contributed by atoms with Crippen molar-refractivity contribution < 1.29 is 18.1 Å². The third-order valence-electron chi connectivity index (χ3n) is 1.87. The summed E-state index contributed by atoms with van der Waals surface area (Å²) in [6.45, 7) is -0.307. The Morgan fingerprint density at radius 2 is 2.17 bits per heavy atom. The van der Waals surface area contributed by atoms with E-state index in [2.05, 4.69) is 0 Å². The molecule has 0 aliphatic heterocycles. The molecule has 0 spiro atoms. The van der Waals surface area contributed by atoms with Crippen molar-refractivity contribution in [1.82, 2.24) is 0 Å². The average Bonchev–Trinajstić information content (AvgIpc) is 2.27. The number of nitro benzene ring substituents is 1. The number of hydrogen-bond acceptors (Lipinski definition) is 6. The van der Waals surface area contributed by atoms with Gasteiger partial charge in [0.05, 0.1) is 22.3 Å². The summed E-state index contributed by atoms with van der Waals surface area (Å²) in [6.07, 6.45) is 0. The third-order valence-corrected chi connectivity index (χ3v) is 2.99. The molecular formula is C9H7ClN2O5S. The molecule has 1 aromatic carbocycles. The molecule has 0 N–H and O–H groups in total. The number of nitro groups is 1. The Morgan fingerprint density at radius 3 is 2.67 bits per heavy atom. The predicted octanol–water partition coefficient (Wildman–Crippen LogP) is 1.41. The van der Waals surface area contributed by atoms with E-state index in [1.165, 1.54) is 12.1 Å². The van der Waals surface area contributed by atoms with E-state index in [1.54, 1.807) is 6.07 Å². The van der Waals surface area contributed by atoms with E-state index in [1.807, 2.05) is 0 Å². The Balaban J connectivity index is 2.89. The number of rotatable bonds is 5. The molecule has 0 fully saturated rings. The molecule has 0 saturated heterocycles. The maximum absolute atomic E-state index is 10.7. The van der Waals surface area contributed by atoms with Crippen LogP contribution in [0, 0.1) is 21.4 Å². The molecule has 0 amide bonds. The molecular weight excluding hydrogens is 284 g/mol. The standard InChI is InChI=1S/C9H7ClN2O5S/c10-18(15,16)4-3-17-9-2-1-7(6-11)5-8(9)12(13)14/h1-2,5H,3-4H2. The molecule has 0 saturated carbocycles. The van der Waals surface area contributed by atoms with E-state index in [9.17, 15) is 18.5 Å². The number of hydrogen-bond donors (Lipinski definition) is 0. The Bertz CT molecular complexity index is 608. The minimum Gasteiger partial charge on any atom is -0.486 e. The summed E-state index contributed by atoms with van der Waals surface area (Å²) < 4.78 is 26.3. The van der Waals surface area contributed by atoms with Gasteiger partial charge in [0.15, 0.2) is 5.75 Å². The van der Waals surface area contributed by atoms with Gasteiger partial charge >= 0.3 is 5.69 Å². The lowest BCUT2D eigenvalue weighted by Crippen LogP contribution is -2.09. The molecule has 0 radical (unpaired) electrons. The summed E-state index contributed by atoms with van der Waals surface area (Å²) >= 11 is 0. The Morgan fingerprint density at radius 1 is 1.50 bits per heavy atom. The van der Waals surface area contributed by atoms with Crippen LogP contribution < -0.4 is 4.74 Å². The second-order valence-corrected chi connectivity index (χ2v) is 6.04. The molecule has 0 aromatic heterocycles. The van der Waals surface area contributed by atoms with Gasteiger partial charge in [-0.1, -0.05) is 0 Å². The highest BCUT2D eigenvalue weighted by molar-refractivity contribution is 8.13. The quantitative estimate of drug-likeness (QED) is 0.460. The maximum Gasteiger partial charge on any atom is 0.312 e. The lowest BCUT2D eigenvalue weighted by atomic mass is 10.2. The fourth-order valence-corrected chi connectivity index (χ4v) is 1.57. The number of halogens is 1. The number of ether oxygens (including phenoxy) is 1. The SMILES string of the molecule is N#Cc1ccc(OCCS(=O)(=O)Cl)c([N+](=O)[O-])c1. The van der Waals surface area contributed by atoms with E-state index in [0.29, 0.717) is 0 Å². The first-order valence-corrected chi connectivity index (χ1v) is 7.05. The first kappa shape index (κ1) is 14.2. The molecule has 96 valence electrons. The summed E-state index contributed by atoms with van der Waals surface area (Å²) in [5, 5.41) is 19.3. The van der Waals surface area contributed by atoms with E-state index in [4.69, 9.17) is 20.7 Å². The van der Waals surface area contributed by atoms with Crippen molar-refractivity contribution in [3.05, 3.63) is 33.9 Å². The molecule has 0 atom stereocenters. The fraction of sp³-hybridized carbons (Fsp3) is 0.222. The van der Waals surface area contributed by atoms with Gasteiger partial charge < -0.3 is 4.74 Å². The van der Waals surface area contributed by atoms with Gasteiger partial charge in [-0.2, -0.15) is 5.26 Å². The molecule has 1 rings (SSSR count). The number of nitriles is 1. The lowest BCUT2D eigenvalue weighted by molar-refractivity contribution is -0.385. The van der Waals surface area contributed by atoms with Gasteiger partial charge in [0.25, 0.3) is 0 Å². The second-order valence-electron chi connectivity index (χ2n) is 3.14. The molecule has 0 aliphatic rings. The van der Waals surface area contributed by atoms with Crippen LogP contribution in [0.2, 0.25) is 0 Å². The second kappa shape index (κ2) is 5.66. The molecule has 7 nitrogen and oxygen atoms in total. The van der Waals surface area contributed by atoms with Crippen molar-refractivity contribution in [2.24, 2.45) is 0 Å². The Labute approximate surface area is 107 Å². The number of benzene rings is 1. The Hall–Kier alpha value is -1.85. The van der Waals surface area contributed by atoms with Crippen molar-refractivity contribution in [3.8, 4) is 11.8 Å². The van der Waals surface area contributed by atoms with E-state index < -0.39 is 25.4 Å². The zero-order chi connectivity index (χ0) is 13.8. The summed E-state index contributed by atoms with van der Waals surface area (Å²) in [4.78, 5) is 10.0. The average molecular weight is 291 g/mol. The molecule has 0 bridgehead atoms. The maximum atomic E-state index is 10.7. The lowest BCUT2D eigenvalue weighted by Gasteiger charge is -2.05. The zero-order valence-corrected chi connectivity index (χ0v) is 10.4. The normalized spacial score (nSPS) is 10.7. The first-order chi connectivity index (χ1) is 8.33. The fourth-order valence-electron chi connectivity index (χ4n) is 1.10. The summed E-state index contributed by atoms with van der Waals surface area (Å²) in [5.41, 5.74) is -0.292. The topological polar surface area (TPSA) is 110 Å². The van der Waals surface area contributed by atoms with E-state index in [0.717, 1.165) is 6.07 Å². The van der Waals surface area contributed by atoms with Crippen LogP contribution in [0.4, 0.5) is 5.69 Å². The van der Waals surface area contributed by atoms with Crippen LogP contribution in [0.5, 0.6) is 5.75 Å². The van der Waals surface area contributed by atoms with Gasteiger partial charge in [-0.25, -0.2) is 8.42 Å². The van der Waals surface area contributed by atoms with Gasteiger partial charge in [-0.15, -0.1) is 0 Å². The van der Waals surface area contributed by atoms with Gasteiger partial charge in [0, 0.05) is 16.7 Å². The van der Waals surface area contributed by atoms with Gasteiger partial charge in [-0.05, 0) is 12.1 Å². The Kier molecular flexibility index (Phi) is 4.47. The minimum absolute atomic E-state index is 0.110. The van der Waals surface area contributed by atoms with Crippen LogP contribution >= 0.6 is 10.7 Å². The van der Waals surface area contributed by atoms with Crippen LogP contribution in [0.1, 0.15) is 5.56 Å². The highest BCUT2D eigenvalue weighted by atomic mass is 35.7. The van der Waals surface area contributed by atoms with Gasteiger partial charge in [0.1, 0.15) is 6.61 Å². The highest BCUT2D eigenvalue weighted by Gasteiger charge is 2.16. The van der Waals surface area contributed by atoms with Crippen molar-refractivity contribution in [1.29, 1.82) is 5.26 Å². The van der Waals surface area contributed by atoms with Crippen molar-refractivity contribution in [2.75, 3.05) is 12.4 Å². The third kappa shape index (κ3) is 4.20. The molecule has 1 aromatic rings. The zero-order valence-electron chi connectivity index (χ0n) is 8.87.